The maximum Gasteiger partial charge on any atom is 0.266 e. The SMILES string of the molecule is CCN1C(=Cc2sc3ccc4ccccc4c3[n+]2CCCCS(=O)(=O)O)N(CC)c2c1ccc1ccccc21. The second-order valence-corrected chi connectivity index (χ2v) is 12.5. The first-order chi connectivity index (χ1) is 18.9. The van der Waals surface area contributed by atoms with Gasteiger partial charge in [0.25, 0.3) is 15.1 Å². The molecule has 0 saturated carbocycles. The molecule has 0 spiro atoms. The van der Waals surface area contributed by atoms with Crippen molar-refractivity contribution in [1.29, 1.82) is 0 Å². The van der Waals surface area contributed by atoms with Gasteiger partial charge in [-0.25, -0.2) is 0 Å². The van der Waals surface area contributed by atoms with Crippen LogP contribution in [-0.2, 0) is 16.7 Å². The Hall–Kier alpha value is -3.46. The van der Waals surface area contributed by atoms with Gasteiger partial charge in [-0.15, -0.1) is 0 Å². The summed E-state index contributed by atoms with van der Waals surface area (Å²) in [5, 5.41) is 5.97. The molecule has 0 unspecified atom stereocenters. The highest BCUT2D eigenvalue weighted by Gasteiger charge is 2.33. The van der Waals surface area contributed by atoms with Crippen molar-refractivity contribution in [3.05, 3.63) is 83.6 Å². The van der Waals surface area contributed by atoms with E-state index in [2.05, 4.69) is 107 Å². The monoisotopic (exact) mass is 558 g/mol. The molecular formula is C31H32N3O3S2+. The summed E-state index contributed by atoms with van der Waals surface area (Å²) >= 11 is 1.76. The highest BCUT2D eigenvalue weighted by atomic mass is 32.2. The van der Waals surface area contributed by atoms with Crippen LogP contribution in [0.2, 0.25) is 0 Å². The summed E-state index contributed by atoms with van der Waals surface area (Å²) in [5.41, 5.74) is 3.63. The third-order valence-electron chi connectivity index (χ3n) is 7.53. The largest absolute Gasteiger partial charge is 0.326 e. The molecule has 6 nitrogen and oxygen atoms in total. The molecule has 5 aromatic rings. The third-order valence-corrected chi connectivity index (χ3v) is 9.43. The Labute approximate surface area is 233 Å². The van der Waals surface area contributed by atoms with Crippen LogP contribution in [0.1, 0.15) is 31.7 Å². The molecular weight excluding hydrogens is 526 g/mol. The zero-order chi connectivity index (χ0) is 27.1. The fraction of sp³-hybridized carbons (Fsp3) is 0.258. The van der Waals surface area contributed by atoms with Gasteiger partial charge in [-0.2, -0.15) is 13.0 Å². The molecule has 1 N–H and O–H groups in total. The molecule has 0 saturated heterocycles. The van der Waals surface area contributed by atoms with Gasteiger partial charge in [0, 0.05) is 24.9 Å². The molecule has 0 bridgehead atoms. The number of hydrogen-bond acceptors (Lipinski definition) is 5. The number of hydrogen-bond donors (Lipinski definition) is 1. The first-order valence-electron chi connectivity index (χ1n) is 13.5. The average Bonchev–Trinajstić information content (AvgIpc) is 3.45. The van der Waals surface area contributed by atoms with Crippen LogP contribution in [0.15, 0.2) is 78.6 Å². The summed E-state index contributed by atoms with van der Waals surface area (Å²) < 4.78 is 35.5. The predicted molar refractivity (Wildman–Crippen MR) is 163 cm³/mol. The minimum Gasteiger partial charge on any atom is -0.326 e. The van der Waals surface area contributed by atoms with Gasteiger partial charge in [0.05, 0.1) is 28.6 Å². The van der Waals surface area contributed by atoms with Crippen LogP contribution in [0.5, 0.6) is 0 Å². The Kier molecular flexibility index (Phi) is 6.79. The summed E-state index contributed by atoms with van der Waals surface area (Å²) in [6, 6.07) is 25.7. The van der Waals surface area contributed by atoms with E-state index >= 15 is 0 Å². The van der Waals surface area contributed by atoms with E-state index in [9.17, 15) is 13.0 Å². The predicted octanol–water partition coefficient (Wildman–Crippen LogP) is 6.83. The molecule has 2 heterocycles. The summed E-state index contributed by atoms with van der Waals surface area (Å²) in [5.74, 6) is 0.927. The van der Waals surface area contributed by atoms with Crippen molar-refractivity contribution < 1.29 is 17.5 Å². The maximum atomic E-state index is 11.3. The minimum absolute atomic E-state index is 0.220. The van der Waals surface area contributed by atoms with Gasteiger partial charge in [-0.3, -0.25) is 4.55 Å². The first kappa shape index (κ1) is 25.8. The zero-order valence-electron chi connectivity index (χ0n) is 22.2. The lowest BCUT2D eigenvalue weighted by atomic mass is 10.1. The highest BCUT2D eigenvalue weighted by molar-refractivity contribution is 7.85. The Bertz CT molecular complexity index is 1840. The van der Waals surface area contributed by atoms with Crippen LogP contribution in [0.4, 0.5) is 11.4 Å². The average molecular weight is 559 g/mol. The van der Waals surface area contributed by atoms with Gasteiger partial charge in [0.1, 0.15) is 10.5 Å². The van der Waals surface area contributed by atoms with E-state index in [1.807, 2.05) is 0 Å². The molecule has 0 fully saturated rings. The van der Waals surface area contributed by atoms with Crippen molar-refractivity contribution in [1.82, 2.24) is 0 Å². The van der Waals surface area contributed by atoms with E-state index in [-0.39, 0.29) is 5.75 Å². The third kappa shape index (κ3) is 4.67. The first-order valence-corrected chi connectivity index (χ1v) is 15.9. The van der Waals surface area contributed by atoms with Gasteiger partial charge < -0.3 is 9.80 Å². The van der Waals surface area contributed by atoms with Gasteiger partial charge >= 0.3 is 0 Å². The van der Waals surface area contributed by atoms with Gasteiger partial charge in [0.2, 0.25) is 5.52 Å². The molecule has 4 aromatic carbocycles. The number of aryl methyl sites for hydroxylation is 1. The Morgan fingerprint density at radius 2 is 1.51 bits per heavy atom. The highest BCUT2D eigenvalue weighted by Crippen LogP contribution is 2.46. The minimum atomic E-state index is -3.97. The van der Waals surface area contributed by atoms with Gasteiger partial charge in [-0.1, -0.05) is 65.9 Å². The lowest BCUT2D eigenvalue weighted by Crippen LogP contribution is -2.36. The molecule has 1 aromatic heterocycles. The van der Waals surface area contributed by atoms with E-state index in [0.717, 1.165) is 23.9 Å². The van der Waals surface area contributed by atoms with E-state index in [0.29, 0.717) is 19.4 Å². The number of thiazole rings is 1. The quantitative estimate of drug-likeness (QED) is 0.129. The van der Waals surface area contributed by atoms with Crippen LogP contribution in [0.25, 0.3) is 37.8 Å². The normalized spacial score (nSPS) is 14.8. The van der Waals surface area contributed by atoms with E-state index in [4.69, 9.17) is 0 Å². The molecule has 1 aliphatic heterocycles. The standard InChI is InChI=1S/C31H31N3O3S2/c1-3-32-26-17-15-22-11-5-7-13-24(22)30(26)33(4-2)28(32)21-29-34(19-9-10-20-39(35,36)37)31-25-14-8-6-12-23(25)16-18-27(31)38-29/h5-8,11-18,21H,3-4,9-10,19-20H2,1-2H3/p+1. The fourth-order valence-electron chi connectivity index (χ4n) is 5.81. The number of benzene rings is 4. The maximum absolute atomic E-state index is 11.3. The summed E-state index contributed by atoms with van der Waals surface area (Å²) in [6.07, 6.45) is 3.35. The van der Waals surface area contributed by atoms with Crippen LogP contribution < -0.4 is 14.4 Å². The van der Waals surface area contributed by atoms with E-state index in [1.165, 1.54) is 43.1 Å². The van der Waals surface area contributed by atoms with Crippen LogP contribution in [0, 0.1) is 0 Å². The second-order valence-electron chi connectivity index (χ2n) is 9.86. The molecule has 8 heteroatoms. The summed E-state index contributed by atoms with van der Waals surface area (Å²) in [6.45, 7) is 6.73. The summed E-state index contributed by atoms with van der Waals surface area (Å²) in [7, 11) is -3.97. The number of unbranched alkanes of at least 4 members (excludes halogenated alkanes) is 1. The smallest absolute Gasteiger partial charge is 0.266 e. The van der Waals surface area contributed by atoms with Crippen molar-refractivity contribution in [2.24, 2.45) is 0 Å². The lowest BCUT2D eigenvalue weighted by Gasteiger charge is -2.23. The molecule has 200 valence electrons. The molecule has 0 atom stereocenters. The number of rotatable bonds is 8. The molecule has 6 rings (SSSR count). The molecule has 0 aliphatic carbocycles. The molecule has 39 heavy (non-hydrogen) atoms. The lowest BCUT2D eigenvalue weighted by molar-refractivity contribution is -0.668. The van der Waals surface area contributed by atoms with E-state index < -0.39 is 10.1 Å². The molecule has 0 radical (unpaired) electrons. The van der Waals surface area contributed by atoms with Gasteiger partial charge in [0.15, 0.2) is 6.54 Å². The Balaban J connectivity index is 1.51. The fourth-order valence-corrected chi connectivity index (χ4v) is 7.51. The van der Waals surface area contributed by atoms with E-state index in [1.54, 1.807) is 11.3 Å². The number of nitrogens with zero attached hydrogens (tertiary/aromatic N) is 3. The topological polar surface area (TPSA) is 64.7 Å². The van der Waals surface area contributed by atoms with Gasteiger partial charge in [-0.05, 0) is 49.2 Å². The molecule has 1 aliphatic rings. The van der Waals surface area contributed by atoms with Crippen LogP contribution >= 0.6 is 11.3 Å². The van der Waals surface area contributed by atoms with Crippen molar-refractivity contribution >= 4 is 70.7 Å². The van der Waals surface area contributed by atoms with Crippen molar-refractivity contribution in [2.45, 2.75) is 33.2 Å². The summed E-state index contributed by atoms with van der Waals surface area (Å²) in [4.78, 5) is 4.79. The Morgan fingerprint density at radius 1 is 0.846 bits per heavy atom. The van der Waals surface area contributed by atoms with Crippen molar-refractivity contribution in [3.63, 3.8) is 0 Å². The van der Waals surface area contributed by atoms with Crippen molar-refractivity contribution in [3.8, 4) is 0 Å². The van der Waals surface area contributed by atoms with Crippen LogP contribution in [0.3, 0.4) is 0 Å². The zero-order valence-corrected chi connectivity index (χ0v) is 23.8. The number of anilines is 2. The van der Waals surface area contributed by atoms with Crippen molar-refractivity contribution in [2.75, 3.05) is 28.6 Å². The number of fused-ring (bicyclic) bond motifs is 6. The second kappa shape index (κ2) is 10.3. The Morgan fingerprint density at radius 3 is 2.23 bits per heavy atom. The van der Waals surface area contributed by atoms with Crippen LogP contribution in [-0.4, -0.2) is 31.8 Å². The molecule has 0 amide bonds. The number of aromatic nitrogens is 1.